The number of carbonyl (C=O) groups is 2. The number of benzene rings is 3. The summed E-state index contributed by atoms with van der Waals surface area (Å²) in [5.41, 5.74) is 10.9. The predicted molar refractivity (Wildman–Crippen MR) is 123 cm³/mol. The van der Waals surface area contributed by atoms with Gasteiger partial charge < -0.3 is 15.6 Å². The highest BCUT2D eigenvalue weighted by Crippen LogP contribution is 2.39. The largest absolute Gasteiger partial charge is 0.369 e. The van der Waals surface area contributed by atoms with Crippen molar-refractivity contribution in [2.75, 3.05) is 6.54 Å². The average Bonchev–Trinajstić information content (AvgIpc) is 3.17. The molecule has 0 atom stereocenters. The van der Waals surface area contributed by atoms with E-state index in [-0.39, 0.29) is 12.3 Å². The van der Waals surface area contributed by atoms with Crippen LogP contribution in [0.2, 0.25) is 0 Å². The minimum absolute atomic E-state index is 0.0522. The molecule has 3 aromatic carbocycles. The fourth-order valence-electron chi connectivity index (χ4n) is 4.70. The van der Waals surface area contributed by atoms with Gasteiger partial charge in [-0.3, -0.25) is 9.59 Å². The minimum Gasteiger partial charge on any atom is -0.369 e. The van der Waals surface area contributed by atoms with Gasteiger partial charge in [0, 0.05) is 34.9 Å². The Morgan fingerprint density at radius 2 is 1.97 bits per heavy atom. The minimum atomic E-state index is -0.516. The lowest BCUT2D eigenvalue weighted by Gasteiger charge is -2.28. The number of H-pyrrole nitrogens is 1. The van der Waals surface area contributed by atoms with Crippen molar-refractivity contribution in [3.05, 3.63) is 83.7 Å². The molecule has 0 spiro atoms. The summed E-state index contributed by atoms with van der Waals surface area (Å²) in [5, 5.41) is 1.61. The maximum atomic E-state index is 15.6. The number of fused-ring (bicyclic) bond motifs is 4. The van der Waals surface area contributed by atoms with E-state index in [1.807, 2.05) is 42.5 Å². The average molecular weight is 427 g/mol. The molecular weight excluding hydrogens is 405 g/mol. The normalized spacial score (nSPS) is 13.3. The Morgan fingerprint density at radius 1 is 1.16 bits per heavy atom. The van der Waals surface area contributed by atoms with Crippen LogP contribution in [0.1, 0.15) is 16.7 Å². The van der Waals surface area contributed by atoms with Crippen molar-refractivity contribution in [1.29, 1.82) is 0 Å². The van der Waals surface area contributed by atoms with Crippen LogP contribution in [-0.2, 0) is 29.0 Å². The summed E-state index contributed by atoms with van der Waals surface area (Å²) in [7, 11) is 0. The highest BCUT2D eigenvalue weighted by atomic mass is 19.1. The van der Waals surface area contributed by atoms with Crippen LogP contribution < -0.4 is 5.73 Å². The number of nitrogens with zero attached hydrogens (tertiary/aromatic N) is 1. The monoisotopic (exact) mass is 427 g/mol. The van der Waals surface area contributed by atoms with E-state index in [2.05, 4.69) is 11.6 Å². The number of halogens is 1. The summed E-state index contributed by atoms with van der Waals surface area (Å²) in [6.07, 6.45) is 2.02. The lowest BCUT2D eigenvalue weighted by atomic mass is 9.91. The van der Waals surface area contributed by atoms with Gasteiger partial charge >= 0.3 is 0 Å². The molecule has 32 heavy (non-hydrogen) atoms. The molecule has 0 fully saturated rings. The molecule has 0 unspecified atom stereocenters. The van der Waals surface area contributed by atoms with Crippen LogP contribution in [0, 0.1) is 5.82 Å². The van der Waals surface area contributed by atoms with E-state index in [1.165, 1.54) is 12.1 Å². The predicted octanol–water partition coefficient (Wildman–Crippen LogP) is 4.23. The van der Waals surface area contributed by atoms with E-state index in [9.17, 15) is 9.59 Å². The molecule has 3 N–H and O–H groups in total. The van der Waals surface area contributed by atoms with Gasteiger partial charge in [-0.15, -0.1) is 0 Å². The number of hydrogen-bond donors (Lipinski definition) is 2. The van der Waals surface area contributed by atoms with Crippen molar-refractivity contribution in [2.24, 2.45) is 5.73 Å². The molecule has 1 aliphatic heterocycles. The number of rotatable bonds is 4. The molecule has 4 aromatic rings. The van der Waals surface area contributed by atoms with Gasteiger partial charge in [0.25, 0.3) is 0 Å². The van der Waals surface area contributed by atoms with Gasteiger partial charge in [0.15, 0.2) is 0 Å². The second-order valence-corrected chi connectivity index (χ2v) is 8.15. The van der Waals surface area contributed by atoms with Gasteiger partial charge in [-0.1, -0.05) is 36.9 Å². The molecule has 0 saturated heterocycles. The molecule has 0 radical (unpaired) electrons. The first kappa shape index (κ1) is 20.0. The second-order valence-electron chi connectivity index (χ2n) is 8.15. The molecule has 1 aliphatic rings. The first-order valence-corrected chi connectivity index (χ1v) is 10.5. The zero-order chi connectivity index (χ0) is 22.4. The fourth-order valence-corrected chi connectivity index (χ4v) is 4.70. The van der Waals surface area contributed by atoms with Crippen LogP contribution >= 0.6 is 0 Å². The van der Waals surface area contributed by atoms with Crippen LogP contribution in [0.5, 0.6) is 0 Å². The molecule has 160 valence electrons. The molecule has 5 rings (SSSR count). The summed E-state index contributed by atoms with van der Waals surface area (Å²) in [6.45, 7) is 4.68. The molecular formula is C26H22FN3O2. The van der Waals surface area contributed by atoms with Gasteiger partial charge in [-0.05, 0) is 52.9 Å². The Kier molecular flexibility index (Phi) is 4.78. The lowest BCUT2D eigenvalue weighted by molar-refractivity contribution is -0.126. The van der Waals surface area contributed by atoms with Crippen molar-refractivity contribution < 1.29 is 14.0 Å². The van der Waals surface area contributed by atoms with Crippen LogP contribution in [-0.4, -0.2) is 28.2 Å². The summed E-state index contributed by atoms with van der Waals surface area (Å²) >= 11 is 0. The topological polar surface area (TPSA) is 79.2 Å². The van der Waals surface area contributed by atoms with Crippen LogP contribution in [0.15, 0.2) is 61.2 Å². The van der Waals surface area contributed by atoms with Crippen molar-refractivity contribution >= 4 is 33.6 Å². The Morgan fingerprint density at radius 3 is 2.75 bits per heavy atom. The number of primary amides is 1. The van der Waals surface area contributed by atoms with E-state index in [4.69, 9.17) is 5.73 Å². The number of nitrogens with one attached hydrogen (secondary N) is 1. The first-order valence-electron chi connectivity index (χ1n) is 10.5. The number of aromatic nitrogens is 1. The molecule has 0 saturated carbocycles. The summed E-state index contributed by atoms with van der Waals surface area (Å²) in [4.78, 5) is 28.8. The zero-order valence-electron chi connectivity index (χ0n) is 17.5. The summed E-state index contributed by atoms with van der Waals surface area (Å²) in [6, 6.07) is 15.0. The van der Waals surface area contributed by atoms with E-state index < -0.39 is 11.7 Å². The second kappa shape index (κ2) is 7.64. The number of aromatic amines is 1. The quantitative estimate of drug-likeness (QED) is 0.478. The van der Waals surface area contributed by atoms with E-state index in [0.717, 1.165) is 39.4 Å². The van der Waals surface area contributed by atoms with Gasteiger partial charge in [0.1, 0.15) is 5.82 Å². The van der Waals surface area contributed by atoms with E-state index in [0.29, 0.717) is 29.7 Å². The molecule has 5 nitrogen and oxygen atoms in total. The van der Waals surface area contributed by atoms with Crippen LogP contribution in [0.3, 0.4) is 0 Å². The highest BCUT2D eigenvalue weighted by molar-refractivity contribution is 6.15. The Balaban J connectivity index is 1.73. The summed E-state index contributed by atoms with van der Waals surface area (Å²) in [5.74, 6) is -1.03. The molecule has 6 heteroatoms. The van der Waals surface area contributed by atoms with Crippen molar-refractivity contribution in [2.45, 2.75) is 19.4 Å². The standard InChI is InChI=1S/C26H22FN3O2/c1-2-23(32)30-10-9-15-7-8-16(11-18(15)14-30)24-20(27)12-17(13-22(28)31)26-25(24)19-5-3-4-6-21(19)29-26/h2-8,11-12,29H,1,9-10,13-14H2,(H2,28,31). The first-order chi connectivity index (χ1) is 15.5. The highest BCUT2D eigenvalue weighted by Gasteiger charge is 2.23. The third kappa shape index (κ3) is 3.24. The molecule has 0 aliphatic carbocycles. The van der Waals surface area contributed by atoms with Gasteiger partial charge in [-0.25, -0.2) is 4.39 Å². The SMILES string of the molecule is C=CC(=O)N1CCc2ccc(-c3c(F)cc(CC(N)=O)c4[nH]c5ccccc5c34)cc2C1. The third-order valence-corrected chi connectivity index (χ3v) is 6.18. The van der Waals surface area contributed by atoms with Crippen molar-refractivity contribution in [3.63, 3.8) is 0 Å². The maximum Gasteiger partial charge on any atom is 0.246 e. The Hall–Kier alpha value is -3.93. The Labute approximate surface area is 184 Å². The zero-order valence-corrected chi connectivity index (χ0v) is 17.5. The number of carbonyl (C=O) groups excluding carboxylic acids is 2. The van der Waals surface area contributed by atoms with Gasteiger partial charge in [0.05, 0.1) is 11.9 Å². The van der Waals surface area contributed by atoms with Crippen LogP contribution in [0.4, 0.5) is 4.39 Å². The Bertz CT molecular complexity index is 1420. The fraction of sp³-hybridized carbons (Fsp3) is 0.154. The number of para-hydroxylation sites is 1. The number of amides is 2. The maximum absolute atomic E-state index is 15.6. The summed E-state index contributed by atoms with van der Waals surface area (Å²) < 4.78 is 15.6. The van der Waals surface area contributed by atoms with Crippen LogP contribution in [0.25, 0.3) is 32.9 Å². The van der Waals surface area contributed by atoms with Gasteiger partial charge in [0.2, 0.25) is 11.8 Å². The molecule has 0 bridgehead atoms. The molecule has 2 amide bonds. The molecule has 1 aromatic heterocycles. The number of hydrogen-bond acceptors (Lipinski definition) is 2. The van der Waals surface area contributed by atoms with Crippen molar-refractivity contribution in [1.82, 2.24) is 9.88 Å². The van der Waals surface area contributed by atoms with Crippen molar-refractivity contribution in [3.8, 4) is 11.1 Å². The third-order valence-electron chi connectivity index (χ3n) is 6.18. The van der Waals surface area contributed by atoms with E-state index >= 15 is 4.39 Å². The van der Waals surface area contributed by atoms with Gasteiger partial charge in [-0.2, -0.15) is 0 Å². The molecule has 2 heterocycles. The van der Waals surface area contributed by atoms with E-state index in [1.54, 1.807) is 4.90 Å². The lowest BCUT2D eigenvalue weighted by Crippen LogP contribution is -2.34. The smallest absolute Gasteiger partial charge is 0.246 e. The number of nitrogens with two attached hydrogens (primary N) is 1.